The fourth-order valence-corrected chi connectivity index (χ4v) is 4.78. The third kappa shape index (κ3) is 3.06. The molecule has 4 unspecified atom stereocenters. The lowest BCUT2D eigenvalue weighted by Gasteiger charge is -2.30. The highest BCUT2D eigenvalue weighted by molar-refractivity contribution is 4.88. The fourth-order valence-electron chi connectivity index (χ4n) is 4.78. The average molecular weight is 236 g/mol. The lowest BCUT2D eigenvalue weighted by molar-refractivity contribution is 0.189. The molecule has 0 amide bonds. The van der Waals surface area contributed by atoms with Crippen molar-refractivity contribution in [1.29, 1.82) is 0 Å². The zero-order valence-electron chi connectivity index (χ0n) is 12.3. The van der Waals surface area contributed by atoms with Gasteiger partial charge in [0.2, 0.25) is 0 Å². The standard InChI is InChI=1S/C17H32/c1-4-14(5-2)12-15-9-7-11-17(15)16-10-6-8-13(16)3/h13-17H,4-12H2,1-3H3. The molecule has 0 saturated heterocycles. The largest absolute Gasteiger partial charge is 0.0651 e. The first kappa shape index (κ1) is 13.4. The van der Waals surface area contributed by atoms with Crippen molar-refractivity contribution in [2.45, 2.75) is 78.6 Å². The van der Waals surface area contributed by atoms with Gasteiger partial charge in [-0.05, 0) is 48.9 Å². The minimum Gasteiger partial charge on any atom is -0.0651 e. The van der Waals surface area contributed by atoms with Crippen LogP contribution in [0.3, 0.4) is 0 Å². The Morgan fingerprint density at radius 2 is 1.53 bits per heavy atom. The highest BCUT2D eigenvalue weighted by Gasteiger charge is 2.38. The third-order valence-corrected chi connectivity index (χ3v) is 5.99. The highest BCUT2D eigenvalue weighted by Crippen LogP contribution is 2.48. The maximum absolute atomic E-state index is 2.52. The minimum absolute atomic E-state index is 1.01. The van der Waals surface area contributed by atoms with E-state index >= 15 is 0 Å². The van der Waals surface area contributed by atoms with Crippen LogP contribution in [-0.4, -0.2) is 0 Å². The molecular weight excluding hydrogens is 204 g/mol. The van der Waals surface area contributed by atoms with Gasteiger partial charge in [0.05, 0.1) is 0 Å². The second-order valence-electron chi connectivity index (χ2n) is 6.85. The number of hydrogen-bond donors (Lipinski definition) is 0. The van der Waals surface area contributed by atoms with E-state index < -0.39 is 0 Å². The highest BCUT2D eigenvalue weighted by atomic mass is 14.4. The van der Waals surface area contributed by atoms with Gasteiger partial charge in [0.1, 0.15) is 0 Å². The summed E-state index contributed by atoms with van der Waals surface area (Å²) in [7, 11) is 0. The molecule has 0 aromatic carbocycles. The van der Waals surface area contributed by atoms with Gasteiger partial charge in [0.25, 0.3) is 0 Å². The summed E-state index contributed by atoms with van der Waals surface area (Å²) in [6.45, 7) is 7.29. The fraction of sp³-hybridized carbons (Fsp3) is 1.00. The molecule has 0 spiro atoms. The van der Waals surface area contributed by atoms with E-state index in [0.29, 0.717) is 0 Å². The van der Waals surface area contributed by atoms with Gasteiger partial charge in [0, 0.05) is 0 Å². The zero-order valence-corrected chi connectivity index (χ0v) is 12.3. The quantitative estimate of drug-likeness (QED) is 0.577. The van der Waals surface area contributed by atoms with Crippen LogP contribution in [0, 0.1) is 29.6 Å². The molecule has 100 valence electrons. The van der Waals surface area contributed by atoms with Crippen molar-refractivity contribution in [3.8, 4) is 0 Å². The Labute approximate surface area is 109 Å². The van der Waals surface area contributed by atoms with Crippen molar-refractivity contribution in [2.24, 2.45) is 29.6 Å². The van der Waals surface area contributed by atoms with Gasteiger partial charge in [-0.2, -0.15) is 0 Å². The summed E-state index contributed by atoms with van der Waals surface area (Å²) in [5, 5.41) is 0. The summed E-state index contributed by atoms with van der Waals surface area (Å²) >= 11 is 0. The summed E-state index contributed by atoms with van der Waals surface area (Å²) in [6, 6.07) is 0. The molecule has 17 heavy (non-hydrogen) atoms. The molecule has 0 radical (unpaired) electrons. The summed E-state index contributed by atoms with van der Waals surface area (Å²) in [4.78, 5) is 0. The first-order chi connectivity index (χ1) is 8.26. The maximum atomic E-state index is 2.52. The molecule has 2 fully saturated rings. The number of hydrogen-bond acceptors (Lipinski definition) is 0. The molecule has 2 aliphatic rings. The second kappa shape index (κ2) is 6.25. The predicted molar refractivity (Wildman–Crippen MR) is 76.0 cm³/mol. The van der Waals surface area contributed by atoms with Crippen LogP contribution in [0.15, 0.2) is 0 Å². The monoisotopic (exact) mass is 236 g/mol. The van der Waals surface area contributed by atoms with Crippen LogP contribution in [0.4, 0.5) is 0 Å². The molecule has 0 N–H and O–H groups in total. The van der Waals surface area contributed by atoms with E-state index in [4.69, 9.17) is 0 Å². The summed E-state index contributed by atoms with van der Waals surface area (Å²) < 4.78 is 0. The molecule has 0 bridgehead atoms. The van der Waals surface area contributed by atoms with Crippen molar-refractivity contribution in [2.75, 3.05) is 0 Å². The molecule has 0 nitrogen and oxygen atoms in total. The van der Waals surface area contributed by atoms with Gasteiger partial charge in [-0.1, -0.05) is 59.3 Å². The van der Waals surface area contributed by atoms with Gasteiger partial charge in [-0.15, -0.1) is 0 Å². The number of rotatable bonds is 5. The maximum Gasteiger partial charge on any atom is -0.0355 e. The lowest BCUT2D eigenvalue weighted by Crippen LogP contribution is -2.22. The van der Waals surface area contributed by atoms with E-state index in [0.717, 1.165) is 29.6 Å². The summed E-state index contributed by atoms with van der Waals surface area (Å²) in [5.41, 5.74) is 0. The Morgan fingerprint density at radius 1 is 0.882 bits per heavy atom. The molecule has 0 aliphatic heterocycles. The van der Waals surface area contributed by atoms with E-state index in [-0.39, 0.29) is 0 Å². The van der Waals surface area contributed by atoms with E-state index in [9.17, 15) is 0 Å². The van der Waals surface area contributed by atoms with Crippen LogP contribution in [0.25, 0.3) is 0 Å². The van der Waals surface area contributed by atoms with Crippen LogP contribution in [0.2, 0.25) is 0 Å². The van der Waals surface area contributed by atoms with Gasteiger partial charge in [0.15, 0.2) is 0 Å². The molecule has 0 heteroatoms. The molecule has 2 saturated carbocycles. The Morgan fingerprint density at radius 3 is 2.12 bits per heavy atom. The average Bonchev–Trinajstić information content (AvgIpc) is 2.94. The van der Waals surface area contributed by atoms with Gasteiger partial charge in [-0.3, -0.25) is 0 Å². The van der Waals surface area contributed by atoms with Crippen molar-refractivity contribution >= 4 is 0 Å². The van der Waals surface area contributed by atoms with Crippen LogP contribution in [0.5, 0.6) is 0 Å². The molecular formula is C17H32. The van der Waals surface area contributed by atoms with Gasteiger partial charge in [-0.25, -0.2) is 0 Å². The smallest absolute Gasteiger partial charge is 0.0355 e. The van der Waals surface area contributed by atoms with E-state index in [1.54, 1.807) is 25.7 Å². The third-order valence-electron chi connectivity index (χ3n) is 5.99. The second-order valence-corrected chi connectivity index (χ2v) is 6.85. The first-order valence-electron chi connectivity index (χ1n) is 8.26. The topological polar surface area (TPSA) is 0 Å². The van der Waals surface area contributed by atoms with Gasteiger partial charge >= 0.3 is 0 Å². The molecule has 0 aromatic heterocycles. The van der Waals surface area contributed by atoms with Crippen LogP contribution < -0.4 is 0 Å². The molecule has 2 aliphatic carbocycles. The predicted octanol–water partition coefficient (Wildman–Crippen LogP) is 5.67. The van der Waals surface area contributed by atoms with E-state index in [2.05, 4.69) is 20.8 Å². The Hall–Kier alpha value is 0. The lowest BCUT2D eigenvalue weighted by atomic mass is 9.75. The van der Waals surface area contributed by atoms with E-state index in [1.807, 2.05) is 0 Å². The van der Waals surface area contributed by atoms with Crippen molar-refractivity contribution in [3.05, 3.63) is 0 Å². The van der Waals surface area contributed by atoms with E-state index in [1.165, 1.54) is 32.1 Å². The Balaban J connectivity index is 1.92. The summed E-state index contributed by atoms with van der Waals surface area (Å²) in [6.07, 6.45) is 13.5. The molecule has 0 heterocycles. The first-order valence-corrected chi connectivity index (χ1v) is 8.26. The Kier molecular flexibility index (Phi) is 4.94. The van der Waals surface area contributed by atoms with Crippen molar-refractivity contribution < 1.29 is 0 Å². The molecule has 2 rings (SSSR count). The van der Waals surface area contributed by atoms with Crippen molar-refractivity contribution in [3.63, 3.8) is 0 Å². The normalized spacial score (nSPS) is 38.1. The van der Waals surface area contributed by atoms with Gasteiger partial charge < -0.3 is 0 Å². The Bertz CT molecular complexity index is 216. The molecule has 0 aromatic rings. The molecule has 4 atom stereocenters. The van der Waals surface area contributed by atoms with Crippen LogP contribution >= 0.6 is 0 Å². The zero-order chi connectivity index (χ0) is 12.3. The van der Waals surface area contributed by atoms with Crippen LogP contribution in [0.1, 0.15) is 78.6 Å². The summed E-state index contributed by atoms with van der Waals surface area (Å²) in [5.74, 6) is 5.33. The van der Waals surface area contributed by atoms with Crippen molar-refractivity contribution in [1.82, 2.24) is 0 Å². The van der Waals surface area contributed by atoms with Crippen LogP contribution in [-0.2, 0) is 0 Å². The minimum atomic E-state index is 1.01. The SMILES string of the molecule is CCC(CC)CC1CCCC1C1CCCC1C.